The molecule has 0 fully saturated rings. The SMILES string of the molecule is C#CCOc1nc(C(C)(C)C)nc(Cl)c1C. The Hall–Kier alpha value is -1.27. The van der Waals surface area contributed by atoms with Gasteiger partial charge >= 0.3 is 0 Å². The molecule has 16 heavy (non-hydrogen) atoms. The lowest BCUT2D eigenvalue weighted by Gasteiger charge is -2.18. The topological polar surface area (TPSA) is 35.0 Å². The van der Waals surface area contributed by atoms with E-state index in [9.17, 15) is 0 Å². The molecule has 0 aliphatic heterocycles. The van der Waals surface area contributed by atoms with E-state index in [2.05, 4.69) is 15.9 Å². The summed E-state index contributed by atoms with van der Waals surface area (Å²) in [5.74, 6) is 3.50. The first-order chi connectivity index (χ1) is 7.36. The number of hydrogen-bond donors (Lipinski definition) is 0. The minimum Gasteiger partial charge on any atom is -0.464 e. The van der Waals surface area contributed by atoms with Gasteiger partial charge in [0.05, 0.1) is 0 Å². The second-order valence-corrected chi connectivity index (χ2v) is 4.87. The van der Waals surface area contributed by atoms with Gasteiger partial charge in [0.15, 0.2) is 6.61 Å². The zero-order chi connectivity index (χ0) is 12.3. The summed E-state index contributed by atoms with van der Waals surface area (Å²) in [6, 6.07) is 0. The second-order valence-electron chi connectivity index (χ2n) is 4.51. The highest BCUT2D eigenvalue weighted by atomic mass is 35.5. The van der Waals surface area contributed by atoms with Crippen molar-refractivity contribution in [3.63, 3.8) is 0 Å². The fourth-order valence-corrected chi connectivity index (χ4v) is 1.22. The van der Waals surface area contributed by atoms with Crippen molar-refractivity contribution in [2.45, 2.75) is 33.1 Å². The zero-order valence-electron chi connectivity index (χ0n) is 9.97. The molecule has 1 aromatic rings. The van der Waals surface area contributed by atoms with Crippen LogP contribution in [0, 0.1) is 19.3 Å². The Labute approximate surface area is 101 Å². The Bertz CT molecular complexity index is 430. The van der Waals surface area contributed by atoms with Crippen molar-refractivity contribution in [3.8, 4) is 18.2 Å². The van der Waals surface area contributed by atoms with Crippen LogP contribution in [-0.4, -0.2) is 16.6 Å². The van der Waals surface area contributed by atoms with Gasteiger partial charge in [-0.05, 0) is 6.92 Å². The predicted molar refractivity (Wildman–Crippen MR) is 64.8 cm³/mol. The smallest absolute Gasteiger partial charge is 0.222 e. The third-order valence-electron chi connectivity index (χ3n) is 2.00. The van der Waals surface area contributed by atoms with Crippen LogP contribution < -0.4 is 4.74 Å². The summed E-state index contributed by atoms with van der Waals surface area (Å²) >= 11 is 6.02. The van der Waals surface area contributed by atoms with Crippen molar-refractivity contribution in [1.29, 1.82) is 0 Å². The number of terminal acetylenes is 1. The van der Waals surface area contributed by atoms with Gasteiger partial charge in [-0.15, -0.1) is 6.42 Å². The average Bonchev–Trinajstić information content (AvgIpc) is 2.18. The van der Waals surface area contributed by atoms with Crippen LogP contribution in [0.2, 0.25) is 5.15 Å². The van der Waals surface area contributed by atoms with Crippen molar-refractivity contribution < 1.29 is 4.74 Å². The molecule has 0 N–H and O–H groups in total. The lowest BCUT2D eigenvalue weighted by atomic mass is 9.96. The lowest BCUT2D eigenvalue weighted by molar-refractivity contribution is 0.346. The summed E-state index contributed by atoms with van der Waals surface area (Å²) in [7, 11) is 0. The molecule has 86 valence electrons. The van der Waals surface area contributed by atoms with Gasteiger partial charge in [-0.1, -0.05) is 38.3 Å². The molecule has 0 radical (unpaired) electrons. The molecule has 0 aliphatic carbocycles. The molecule has 0 bridgehead atoms. The number of rotatable bonds is 2. The van der Waals surface area contributed by atoms with Crippen molar-refractivity contribution >= 4 is 11.6 Å². The van der Waals surface area contributed by atoms with Crippen LogP contribution in [0.25, 0.3) is 0 Å². The van der Waals surface area contributed by atoms with Gasteiger partial charge in [0.1, 0.15) is 11.0 Å². The summed E-state index contributed by atoms with van der Waals surface area (Å²) in [4.78, 5) is 8.56. The van der Waals surface area contributed by atoms with E-state index in [1.807, 2.05) is 20.8 Å². The molecule has 1 rings (SSSR count). The van der Waals surface area contributed by atoms with Gasteiger partial charge in [0, 0.05) is 11.0 Å². The molecule has 0 spiro atoms. The van der Waals surface area contributed by atoms with Crippen LogP contribution in [0.5, 0.6) is 5.88 Å². The van der Waals surface area contributed by atoms with E-state index >= 15 is 0 Å². The molecule has 0 aromatic carbocycles. The molecule has 0 saturated carbocycles. The molecule has 1 heterocycles. The summed E-state index contributed by atoms with van der Waals surface area (Å²) in [5, 5.41) is 0.409. The van der Waals surface area contributed by atoms with Crippen LogP contribution in [0.4, 0.5) is 0 Å². The van der Waals surface area contributed by atoms with Gasteiger partial charge in [0.25, 0.3) is 0 Å². The van der Waals surface area contributed by atoms with Crippen molar-refractivity contribution in [2.75, 3.05) is 6.61 Å². The molecule has 3 nitrogen and oxygen atoms in total. The highest BCUT2D eigenvalue weighted by Gasteiger charge is 2.21. The molecule has 0 unspecified atom stereocenters. The maximum Gasteiger partial charge on any atom is 0.222 e. The van der Waals surface area contributed by atoms with E-state index in [1.54, 1.807) is 6.92 Å². The van der Waals surface area contributed by atoms with Gasteiger partial charge < -0.3 is 4.74 Å². The number of nitrogens with zero attached hydrogens (tertiary/aromatic N) is 2. The van der Waals surface area contributed by atoms with Crippen molar-refractivity contribution in [3.05, 3.63) is 16.5 Å². The maximum atomic E-state index is 6.02. The largest absolute Gasteiger partial charge is 0.464 e. The molecule has 0 amide bonds. The minimum atomic E-state index is -0.175. The molecule has 0 atom stereocenters. The number of halogens is 1. The molecule has 0 saturated heterocycles. The van der Waals surface area contributed by atoms with Gasteiger partial charge in [-0.2, -0.15) is 4.98 Å². The zero-order valence-corrected chi connectivity index (χ0v) is 10.7. The number of aromatic nitrogens is 2. The Morgan fingerprint density at radius 3 is 2.50 bits per heavy atom. The van der Waals surface area contributed by atoms with E-state index < -0.39 is 0 Å². The fraction of sp³-hybridized carbons (Fsp3) is 0.500. The van der Waals surface area contributed by atoms with Crippen LogP contribution in [0.3, 0.4) is 0 Å². The minimum absolute atomic E-state index is 0.175. The average molecular weight is 239 g/mol. The highest BCUT2D eigenvalue weighted by Crippen LogP contribution is 2.27. The fourth-order valence-electron chi connectivity index (χ4n) is 1.06. The monoisotopic (exact) mass is 238 g/mol. The summed E-state index contributed by atoms with van der Waals surface area (Å²) in [5.41, 5.74) is 0.538. The quantitative estimate of drug-likeness (QED) is 0.587. The van der Waals surface area contributed by atoms with Gasteiger partial charge in [-0.25, -0.2) is 4.98 Å². The summed E-state index contributed by atoms with van der Waals surface area (Å²) in [6.07, 6.45) is 5.14. The van der Waals surface area contributed by atoms with E-state index in [0.29, 0.717) is 22.4 Å². The van der Waals surface area contributed by atoms with Crippen molar-refractivity contribution in [2.24, 2.45) is 0 Å². The first-order valence-electron chi connectivity index (χ1n) is 4.97. The molecule has 4 heteroatoms. The normalized spacial score (nSPS) is 11.0. The van der Waals surface area contributed by atoms with Crippen LogP contribution in [0.15, 0.2) is 0 Å². The van der Waals surface area contributed by atoms with E-state index in [4.69, 9.17) is 22.8 Å². The van der Waals surface area contributed by atoms with Gasteiger partial charge in [0.2, 0.25) is 5.88 Å². The second kappa shape index (κ2) is 4.71. The van der Waals surface area contributed by atoms with Crippen LogP contribution >= 0.6 is 11.6 Å². The third kappa shape index (κ3) is 2.86. The van der Waals surface area contributed by atoms with E-state index in [0.717, 1.165) is 0 Å². The molecule has 1 aromatic heterocycles. The Balaban J connectivity index is 3.18. The standard InChI is InChI=1S/C12H15ClN2O/c1-6-7-16-10-8(2)9(13)14-11(15-10)12(3,4)5/h1H,7H2,2-5H3. The van der Waals surface area contributed by atoms with Crippen molar-refractivity contribution in [1.82, 2.24) is 9.97 Å². The maximum absolute atomic E-state index is 6.02. The van der Waals surface area contributed by atoms with Crippen LogP contribution in [0.1, 0.15) is 32.2 Å². The predicted octanol–water partition coefficient (Wildman–Crippen LogP) is 2.75. The first kappa shape index (κ1) is 12.8. The highest BCUT2D eigenvalue weighted by molar-refractivity contribution is 6.30. The lowest BCUT2D eigenvalue weighted by Crippen LogP contribution is -2.17. The Morgan fingerprint density at radius 2 is 2.00 bits per heavy atom. The van der Waals surface area contributed by atoms with E-state index in [-0.39, 0.29) is 12.0 Å². The third-order valence-corrected chi connectivity index (χ3v) is 2.37. The van der Waals surface area contributed by atoms with Crippen LogP contribution in [-0.2, 0) is 5.41 Å². The molecular weight excluding hydrogens is 224 g/mol. The molecule has 0 aliphatic rings. The number of hydrogen-bond acceptors (Lipinski definition) is 3. The van der Waals surface area contributed by atoms with E-state index in [1.165, 1.54) is 0 Å². The number of ether oxygens (including phenoxy) is 1. The summed E-state index contributed by atoms with van der Waals surface area (Å²) < 4.78 is 5.33. The van der Waals surface area contributed by atoms with Gasteiger partial charge in [-0.3, -0.25) is 0 Å². The Kier molecular flexibility index (Phi) is 3.77. The first-order valence-corrected chi connectivity index (χ1v) is 5.35. The Morgan fingerprint density at radius 1 is 1.38 bits per heavy atom. The summed E-state index contributed by atoms with van der Waals surface area (Å²) in [6.45, 7) is 8.02. The molecular formula is C12H15ClN2O.